The topological polar surface area (TPSA) is 49.6 Å². The summed E-state index contributed by atoms with van der Waals surface area (Å²) in [5.41, 5.74) is 9.77. The summed E-state index contributed by atoms with van der Waals surface area (Å²) in [4.78, 5) is 5.42. The van der Waals surface area contributed by atoms with Gasteiger partial charge in [-0.3, -0.25) is 5.32 Å². The number of aliphatic imine (C=N–C) groups is 1. The van der Waals surface area contributed by atoms with Crippen LogP contribution in [0.2, 0.25) is 0 Å². The molecule has 0 spiro atoms. The van der Waals surface area contributed by atoms with Gasteiger partial charge in [0.1, 0.15) is 29.3 Å². The average molecular weight is 706 g/mol. The maximum atomic E-state index is 6.34. The van der Waals surface area contributed by atoms with E-state index in [1.807, 2.05) is 12.1 Å². The summed E-state index contributed by atoms with van der Waals surface area (Å²) in [6.07, 6.45) is -0.471. The van der Waals surface area contributed by atoms with E-state index in [4.69, 9.17) is 9.41 Å². The van der Waals surface area contributed by atoms with Crippen LogP contribution in [-0.2, 0) is 0 Å². The van der Waals surface area contributed by atoms with Gasteiger partial charge < -0.3 is 9.73 Å². The molecule has 4 heteroatoms. The number of hydrogen-bond donors (Lipinski definition) is 2. The lowest BCUT2D eigenvalue weighted by Gasteiger charge is -2.32. The Morgan fingerprint density at radius 3 is 1.91 bits per heavy atom. The molecule has 0 amide bonds. The number of fused-ring (bicyclic) bond motifs is 6. The molecule has 2 N–H and O–H groups in total. The fourth-order valence-electron chi connectivity index (χ4n) is 8.43. The molecule has 0 saturated carbocycles. The standard InChI is InChI=1S/C51H35N3O/c1-2-13-36-29-38(28-23-32(36)11-1)50-52-49(35-26-24-34(25-27-35)41-19-9-15-33-12-3-5-16-40(33)41)53-51(54-50)39-30-37-14-4-6-17-42(37)45(31-39)43-20-10-22-47-48(43)44-18-7-8-21-46(44)55-47/h1-31,49-50,52H,(H,53,54). The fourth-order valence-corrected chi connectivity index (χ4v) is 8.43. The van der Waals surface area contributed by atoms with Crippen LogP contribution in [0.1, 0.15) is 29.0 Å². The highest BCUT2D eigenvalue weighted by Gasteiger charge is 2.27. The molecule has 2 heterocycles. The van der Waals surface area contributed by atoms with Gasteiger partial charge in [-0.1, -0.05) is 158 Å². The molecule has 11 rings (SSSR count). The third-order valence-corrected chi connectivity index (χ3v) is 11.1. The van der Waals surface area contributed by atoms with E-state index < -0.39 is 0 Å². The molecule has 2 unspecified atom stereocenters. The Morgan fingerprint density at radius 2 is 1.05 bits per heavy atom. The number of para-hydroxylation sites is 1. The molecule has 1 aromatic heterocycles. The monoisotopic (exact) mass is 705 g/mol. The molecular formula is C51H35N3O. The summed E-state index contributed by atoms with van der Waals surface area (Å²) in [6.45, 7) is 0. The van der Waals surface area contributed by atoms with Crippen molar-refractivity contribution in [3.8, 4) is 22.3 Å². The third-order valence-electron chi connectivity index (χ3n) is 11.1. The van der Waals surface area contributed by atoms with Gasteiger partial charge in [-0.25, -0.2) is 4.99 Å². The Morgan fingerprint density at radius 1 is 0.418 bits per heavy atom. The minimum Gasteiger partial charge on any atom is -0.456 e. The zero-order valence-corrected chi connectivity index (χ0v) is 29.9. The number of hydrogen-bond acceptors (Lipinski definition) is 4. The van der Waals surface area contributed by atoms with Gasteiger partial charge in [0.2, 0.25) is 0 Å². The van der Waals surface area contributed by atoms with Crippen LogP contribution in [0, 0.1) is 0 Å². The molecule has 10 aromatic rings. The number of benzene rings is 9. The van der Waals surface area contributed by atoms with Crippen molar-refractivity contribution in [3.05, 3.63) is 205 Å². The highest BCUT2D eigenvalue weighted by atomic mass is 16.3. The number of nitrogens with one attached hydrogen (secondary N) is 2. The van der Waals surface area contributed by atoms with Crippen LogP contribution in [0.15, 0.2) is 197 Å². The normalized spacial score (nSPS) is 15.8. The Balaban J connectivity index is 1.05. The van der Waals surface area contributed by atoms with Crippen LogP contribution in [0.3, 0.4) is 0 Å². The van der Waals surface area contributed by atoms with E-state index >= 15 is 0 Å². The quantitative estimate of drug-likeness (QED) is 0.187. The predicted octanol–water partition coefficient (Wildman–Crippen LogP) is 12.7. The second-order valence-electron chi connectivity index (χ2n) is 14.4. The maximum Gasteiger partial charge on any atom is 0.136 e. The van der Waals surface area contributed by atoms with E-state index in [0.29, 0.717) is 0 Å². The Kier molecular flexibility index (Phi) is 7.35. The van der Waals surface area contributed by atoms with Crippen molar-refractivity contribution >= 4 is 60.1 Å². The Hall–Kier alpha value is -7.01. The van der Waals surface area contributed by atoms with Crippen LogP contribution < -0.4 is 10.6 Å². The van der Waals surface area contributed by atoms with Gasteiger partial charge in [0.05, 0.1) is 0 Å². The molecule has 2 atom stereocenters. The highest BCUT2D eigenvalue weighted by Crippen LogP contribution is 2.40. The van der Waals surface area contributed by atoms with Gasteiger partial charge in [-0.15, -0.1) is 0 Å². The summed E-state index contributed by atoms with van der Waals surface area (Å²) in [5, 5.41) is 17.2. The Labute approximate surface area is 318 Å². The molecule has 0 fully saturated rings. The lowest BCUT2D eigenvalue weighted by atomic mass is 9.92. The van der Waals surface area contributed by atoms with E-state index in [2.05, 4.69) is 187 Å². The van der Waals surface area contributed by atoms with Crippen LogP contribution in [0.25, 0.3) is 76.5 Å². The largest absolute Gasteiger partial charge is 0.456 e. The van der Waals surface area contributed by atoms with Crippen molar-refractivity contribution in [1.29, 1.82) is 0 Å². The van der Waals surface area contributed by atoms with Gasteiger partial charge in [-0.2, -0.15) is 0 Å². The summed E-state index contributed by atoms with van der Waals surface area (Å²) in [6, 6.07) is 67.1. The van der Waals surface area contributed by atoms with Gasteiger partial charge in [0.15, 0.2) is 0 Å². The van der Waals surface area contributed by atoms with Crippen LogP contribution in [0.5, 0.6) is 0 Å². The molecule has 55 heavy (non-hydrogen) atoms. The van der Waals surface area contributed by atoms with E-state index in [0.717, 1.165) is 61.0 Å². The molecule has 1 aliphatic heterocycles. The SMILES string of the molecule is c1ccc2cc(C3N=C(c4cc(-c5cccc6oc7ccccc7c56)c5ccccc5c4)NC(c4ccc(-c5cccc6ccccc56)cc4)N3)ccc2c1. The van der Waals surface area contributed by atoms with Crippen molar-refractivity contribution in [2.24, 2.45) is 4.99 Å². The smallest absolute Gasteiger partial charge is 0.136 e. The zero-order chi connectivity index (χ0) is 36.3. The van der Waals surface area contributed by atoms with Crippen LogP contribution in [-0.4, -0.2) is 5.84 Å². The number of amidine groups is 1. The highest BCUT2D eigenvalue weighted by molar-refractivity contribution is 6.16. The van der Waals surface area contributed by atoms with E-state index in [1.54, 1.807) is 0 Å². The second kappa shape index (κ2) is 12.8. The van der Waals surface area contributed by atoms with Crippen LogP contribution in [0.4, 0.5) is 0 Å². The minimum atomic E-state index is -0.278. The van der Waals surface area contributed by atoms with Crippen molar-refractivity contribution in [1.82, 2.24) is 10.6 Å². The molecule has 0 radical (unpaired) electrons. The molecule has 0 saturated heterocycles. The van der Waals surface area contributed by atoms with E-state index in [-0.39, 0.29) is 12.3 Å². The van der Waals surface area contributed by atoms with Gasteiger partial charge in [-0.05, 0) is 96.0 Å². The zero-order valence-electron chi connectivity index (χ0n) is 29.9. The lowest BCUT2D eigenvalue weighted by Crippen LogP contribution is -2.45. The molecular weight excluding hydrogens is 671 g/mol. The number of rotatable bonds is 5. The summed E-state index contributed by atoms with van der Waals surface area (Å²) < 4.78 is 6.34. The van der Waals surface area contributed by atoms with Gasteiger partial charge in [0, 0.05) is 16.3 Å². The molecule has 9 aromatic carbocycles. The van der Waals surface area contributed by atoms with Gasteiger partial charge in [0.25, 0.3) is 0 Å². The predicted molar refractivity (Wildman–Crippen MR) is 228 cm³/mol. The minimum absolute atomic E-state index is 0.193. The second-order valence-corrected chi connectivity index (χ2v) is 14.4. The first-order valence-corrected chi connectivity index (χ1v) is 18.8. The summed E-state index contributed by atoms with van der Waals surface area (Å²) >= 11 is 0. The fraction of sp³-hybridized carbons (Fsp3) is 0.0392. The maximum absolute atomic E-state index is 6.34. The summed E-state index contributed by atoms with van der Waals surface area (Å²) in [5.74, 6) is 0.844. The first-order valence-electron chi connectivity index (χ1n) is 18.8. The van der Waals surface area contributed by atoms with E-state index in [9.17, 15) is 0 Å². The number of nitrogens with zero attached hydrogens (tertiary/aromatic N) is 1. The molecule has 4 nitrogen and oxygen atoms in total. The Bertz CT molecular complexity index is 3120. The van der Waals surface area contributed by atoms with Gasteiger partial charge >= 0.3 is 0 Å². The van der Waals surface area contributed by atoms with Crippen molar-refractivity contribution in [2.45, 2.75) is 12.3 Å². The molecule has 0 aliphatic carbocycles. The van der Waals surface area contributed by atoms with Crippen molar-refractivity contribution in [2.75, 3.05) is 0 Å². The van der Waals surface area contributed by atoms with Crippen molar-refractivity contribution < 1.29 is 4.42 Å². The van der Waals surface area contributed by atoms with Crippen LogP contribution >= 0.6 is 0 Å². The number of furan rings is 1. The molecule has 0 bridgehead atoms. The summed E-state index contributed by atoms with van der Waals surface area (Å²) in [7, 11) is 0. The van der Waals surface area contributed by atoms with Crippen molar-refractivity contribution in [3.63, 3.8) is 0 Å². The molecule has 260 valence electrons. The lowest BCUT2D eigenvalue weighted by molar-refractivity contribution is 0.409. The third kappa shape index (κ3) is 5.46. The van der Waals surface area contributed by atoms with E-state index in [1.165, 1.54) is 38.1 Å². The first-order chi connectivity index (χ1) is 27.2. The average Bonchev–Trinajstić information content (AvgIpc) is 3.65. The first kappa shape index (κ1) is 31.5. The molecule has 1 aliphatic rings.